The van der Waals surface area contributed by atoms with Crippen molar-refractivity contribution in [2.24, 2.45) is 0 Å². The van der Waals surface area contributed by atoms with E-state index in [0.717, 1.165) is 39.2 Å². The SMILES string of the molecule is Cc1ccncc1-c1ccc(-c2cc(-c3ccc(-c4ccc5ccc6cccc7ccc4c5c67)cc3)nc(-c3ccccc3)n2)cc1. The minimum atomic E-state index is 0.709. The second kappa shape index (κ2) is 11.0. The van der Waals surface area contributed by atoms with Crippen molar-refractivity contribution in [3.05, 3.63) is 164 Å². The molecule has 2 heterocycles. The van der Waals surface area contributed by atoms with Gasteiger partial charge in [0.2, 0.25) is 0 Å². The average molecular weight is 600 g/mol. The van der Waals surface area contributed by atoms with Gasteiger partial charge in [-0.05, 0) is 73.6 Å². The Balaban J connectivity index is 1.13. The Bertz CT molecular complexity index is 2540. The molecular formula is C44H29N3. The summed E-state index contributed by atoms with van der Waals surface area (Å²) in [6.45, 7) is 2.11. The van der Waals surface area contributed by atoms with E-state index < -0.39 is 0 Å². The zero-order valence-corrected chi connectivity index (χ0v) is 25.9. The number of aryl methyl sites for hydroxylation is 1. The highest BCUT2D eigenvalue weighted by Gasteiger charge is 2.14. The molecule has 7 aromatic carbocycles. The number of hydrogen-bond acceptors (Lipinski definition) is 3. The summed E-state index contributed by atoms with van der Waals surface area (Å²) >= 11 is 0. The Morgan fingerprint density at radius 3 is 1.66 bits per heavy atom. The Labute approximate surface area is 273 Å². The predicted molar refractivity (Wildman–Crippen MR) is 195 cm³/mol. The smallest absolute Gasteiger partial charge is 0.160 e. The summed E-state index contributed by atoms with van der Waals surface area (Å²) in [6, 6.07) is 51.8. The molecule has 0 fully saturated rings. The van der Waals surface area contributed by atoms with Crippen molar-refractivity contribution >= 4 is 32.3 Å². The molecule has 0 N–H and O–H groups in total. The maximum atomic E-state index is 5.06. The lowest BCUT2D eigenvalue weighted by molar-refractivity contribution is 1.18. The van der Waals surface area contributed by atoms with Crippen LogP contribution in [0.15, 0.2) is 158 Å². The molecule has 0 atom stereocenters. The van der Waals surface area contributed by atoms with Gasteiger partial charge in [0.05, 0.1) is 11.4 Å². The molecule has 0 aliphatic heterocycles. The predicted octanol–water partition coefficient (Wildman–Crippen LogP) is 11.4. The highest BCUT2D eigenvalue weighted by atomic mass is 14.9. The van der Waals surface area contributed by atoms with Crippen molar-refractivity contribution in [2.75, 3.05) is 0 Å². The molecule has 0 amide bonds. The van der Waals surface area contributed by atoms with Gasteiger partial charge >= 0.3 is 0 Å². The lowest BCUT2D eigenvalue weighted by Gasteiger charge is -2.14. The van der Waals surface area contributed by atoms with E-state index in [1.165, 1.54) is 49.0 Å². The molecule has 9 aromatic rings. The molecule has 0 spiro atoms. The summed E-state index contributed by atoms with van der Waals surface area (Å²) in [5.74, 6) is 0.709. The summed E-state index contributed by atoms with van der Waals surface area (Å²) in [5, 5.41) is 7.79. The van der Waals surface area contributed by atoms with Gasteiger partial charge in [0, 0.05) is 34.6 Å². The van der Waals surface area contributed by atoms with E-state index in [1.807, 2.05) is 36.7 Å². The van der Waals surface area contributed by atoms with Gasteiger partial charge in [-0.25, -0.2) is 9.97 Å². The molecule has 0 unspecified atom stereocenters. The molecule has 3 nitrogen and oxygen atoms in total. The van der Waals surface area contributed by atoms with Crippen LogP contribution in [0, 0.1) is 6.92 Å². The zero-order valence-electron chi connectivity index (χ0n) is 25.9. The van der Waals surface area contributed by atoms with Crippen molar-refractivity contribution in [3.63, 3.8) is 0 Å². The van der Waals surface area contributed by atoms with Gasteiger partial charge in [0.15, 0.2) is 5.82 Å². The molecule has 0 radical (unpaired) electrons. The van der Waals surface area contributed by atoms with E-state index in [9.17, 15) is 0 Å². The number of rotatable bonds is 5. The minimum Gasteiger partial charge on any atom is -0.264 e. The molecule has 47 heavy (non-hydrogen) atoms. The van der Waals surface area contributed by atoms with Gasteiger partial charge < -0.3 is 0 Å². The topological polar surface area (TPSA) is 38.7 Å². The van der Waals surface area contributed by atoms with Crippen LogP contribution in [0.4, 0.5) is 0 Å². The van der Waals surface area contributed by atoms with Gasteiger partial charge in [0.1, 0.15) is 0 Å². The van der Waals surface area contributed by atoms with E-state index >= 15 is 0 Å². The van der Waals surface area contributed by atoms with Gasteiger partial charge in [0.25, 0.3) is 0 Å². The summed E-state index contributed by atoms with van der Waals surface area (Å²) in [7, 11) is 0. The zero-order chi connectivity index (χ0) is 31.3. The van der Waals surface area contributed by atoms with E-state index in [1.54, 1.807) is 0 Å². The van der Waals surface area contributed by atoms with Crippen molar-refractivity contribution in [1.82, 2.24) is 15.0 Å². The molecule has 2 aromatic heterocycles. The molecule has 220 valence electrons. The normalized spacial score (nSPS) is 11.5. The third-order valence-electron chi connectivity index (χ3n) is 9.31. The van der Waals surface area contributed by atoms with Gasteiger partial charge in [-0.2, -0.15) is 0 Å². The highest BCUT2D eigenvalue weighted by Crippen LogP contribution is 2.40. The number of aromatic nitrogens is 3. The fourth-order valence-corrected chi connectivity index (χ4v) is 6.85. The fraction of sp³-hybridized carbons (Fsp3) is 0.0227. The first-order valence-electron chi connectivity index (χ1n) is 15.9. The Morgan fingerprint density at radius 2 is 1.00 bits per heavy atom. The molecule has 0 aliphatic carbocycles. The Kier molecular flexibility index (Phi) is 6.36. The molecule has 0 saturated carbocycles. The second-order valence-corrected chi connectivity index (χ2v) is 12.1. The quantitative estimate of drug-likeness (QED) is 0.185. The van der Waals surface area contributed by atoms with Crippen LogP contribution in [0.2, 0.25) is 0 Å². The van der Waals surface area contributed by atoms with E-state index in [0.29, 0.717) is 5.82 Å². The standard InChI is InChI=1S/C44H29N3/c1-28-24-25-45-27-39(28)30-12-16-32(17-13-30)41-26-40(46-44(47-41)36-6-3-2-4-7-36)31-14-10-29(11-15-31)37-22-20-35-19-18-33-8-5-9-34-21-23-38(37)43(35)42(33)34/h2-27H,1H3. The van der Waals surface area contributed by atoms with Crippen molar-refractivity contribution in [1.29, 1.82) is 0 Å². The van der Waals surface area contributed by atoms with Crippen molar-refractivity contribution < 1.29 is 0 Å². The van der Waals surface area contributed by atoms with Crippen LogP contribution >= 0.6 is 0 Å². The number of benzene rings is 7. The fourth-order valence-electron chi connectivity index (χ4n) is 6.85. The van der Waals surface area contributed by atoms with Gasteiger partial charge in [-0.1, -0.05) is 133 Å². The van der Waals surface area contributed by atoms with Crippen LogP contribution in [0.3, 0.4) is 0 Å². The highest BCUT2D eigenvalue weighted by molar-refractivity contribution is 6.25. The summed E-state index contributed by atoms with van der Waals surface area (Å²) in [4.78, 5) is 14.4. The third kappa shape index (κ3) is 4.72. The number of nitrogens with zero attached hydrogens (tertiary/aromatic N) is 3. The minimum absolute atomic E-state index is 0.709. The van der Waals surface area contributed by atoms with Crippen molar-refractivity contribution in [3.8, 4) is 56.2 Å². The molecule has 0 aliphatic rings. The van der Waals surface area contributed by atoms with Crippen LogP contribution in [0.5, 0.6) is 0 Å². The van der Waals surface area contributed by atoms with E-state index in [2.05, 4.69) is 133 Å². The summed E-state index contributed by atoms with van der Waals surface area (Å²) < 4.78 is 0. The second-order valence-electron chi connectivity index (χ2n) is 12.1. The molecule has 0 bridgehead atoms. The number of hydrogen-bond donors (Lipinski definition) is 0. The van der Waals surface area contributed by atoms with Crippen LogP contribution in [0.1, 0.15) is 5.56 Å². The van der Waals surface area contributed by atoms with Gasteiger partial charge in [-0.15, -0.1) is 0 Å². The summed E-state index contributed by atoms with van der Waals surface area (Å²) in [5.41, 5.74) is 10.8. The third-order valence-corrected chi connectivity index (χ3v) is 9.31. The lowest BCUT2D eigenvalue weighted by Crippen LogP contribution is -1.96. The van der Waals surface area contributed by atoms with E-state index in [-0.39, 0.29) is 0 Å². The largest absolute Gasteiger partial charge is 0.264 e. The Hall–Kier alpha value is -6.19. The molecule has 0 saturated heterocycles. The molecular weight excluding hydrogens is 571 g/mol. The molecule has 3 heteroatoms. The first-order chi connectivity index (χ1) is 23.2. The number of pyridine rings is 1. The van der Waals surface area contributed by atoms with Crippen LogP contribution in [-0.4, -0.2) is 15.0 Å². The van der Waals surface area contributed by atoms with Crippen LogP contribution in [-0.2, 0) is 0 Å². The maximum absolute atomic E-state index is 5.06. The van der Waals surface area contributed by atoms with E-state index in [4.69, 9.17) is 9.97 Å². The van der Waals surface area contributed by atoms with Gasteiger partial charge in [-0.3, -0.25) is 4.98 Å². The monoisotopic (exact) mass is 599 g/mol. The van der Waals surface area contributed by atoms with Crippen LogP contribution < -0.4 is 0 Å². The summed E-state index contributed by atoms with van der Waals surface area (Å²) in [6.07, 6.45) is 3.76. The lowest BCUT2D eigenvalue weighted by atomic mass is 9.89. The Morgan fingerprint density at radius 1 is 0.426 bits per heavy atom. The average Bonchev–Trinajstić information content (AvgIpc) is 3.14. The first-order valence-corrected chi connectivity index (χ1v) is 15.9. The molecule has 9 rings (SSSR count). The van der Waals surface area contributed by atoms with Crippen molar-refractivity contribution in [2.45, 2.75) is 6.92 Å². The first kappa shape index (κ1) is 27.1. The van der Waals surface area contributed by atoms with Crippen LogP contribution in [0.25, 0.3) is 88.5 Å². The maximum Gasteiger partial charge on any atom is 0.160 e.